The van der Waals surface area contributed by atoms with Crippen molar-refractivity contribution < 1.29 is 48.2 Å². The van der Waals surface area contributed by atoms with Gasteiger partial charge in [0.2, 0.25) is 0 Å². The summed E-state index contributed by atoms with van der Waals surface area (Å²) in [5.74, 6) is -1.08. The molecule has 0 spiro atoms. The van der Waals surface area contributed by atoms with Crippen molar-refractivity contribution in [3.63, 3.8) is 0 Å². The first-order chi connectivity index (χ1) is 23.1. The summed E-state index contributed by atoms with van der Waals surface area (Å²) in [5, 5.41) is 19.8. The summed E-state index contributed by atoms with van der Waals surface area (Å²) in [6.07, 6.45) is 32.9. The molecule has 0 aliphatic heterocycles. The maximum atomic E-state index is 12.3. The second-order valence-corrected chi connectivity index (χ2v) is 12.8. The van der Waals surface area contributed by atoms with Crippen LogP contribution in [0, 0.1) is 0 Å². The van der Waals surface area contributed by atoms with Gasteiger partial charge in [-0.1, -0.05) is 138 Å². The average molecular weight is 697 g/mol. The minimum atomic E-state index is -4.79. The Morgan fingerprint density at radius 3 is 1.96 bits per heavy atom. The van der Waals surface area contributed by atoms with E-state index in [4.69, 9.17) is 19.3 Å². The van der Waals surface area contributed by atoms with Gasteiger partial charge < -0.3 is 29.5 Å². The Kier molecular flexibility index (Phi) is 30.0. The molecule has 0 radical (unpaired) electrons. The van der Waals surface area contributed by atoms with Gasteiger partial charge in [0.25, 0.3) is 0 Å². The van der Waals surface area contributed by atoms with Gasteiger partial charge in [0.05, 0.1) is 18.8 Å². The van der Waals surface area contributed by atoms with Crippen LogP contribution in [0.3, 0.4) is 0 Å². The number of carbonyl (C=O) groups is 2. The van der Waals surface area contributed by atoms with Crippen LogP contribution in [-0.4, -0.2) is 63.5 Å². The highest BCUT2D eigenvalue weighted by Gasteiger charge is 2.22. The second kappa shape index (κ2) is 31.7. The predicted octanol–water partition coefficient (Wildman–Crippen LogP) is 7.89. The summed E-state index contributed by atoms with van der Waals surface area (Å²) < 4.78 is 26.0. The smallest absolute Gasteiger partial charge is 0.462 e. The van der Waals surface area contributed by atoms with E-state index in [-0.39, 0.29) is 19.4 Å². The van der Waals surface area contributed by atoms with E-state index < -0.39 is 44.7 Å². The predicted molar refractivity (Wildman–Crippen MR) is 191 cm³/mol. The van der Waals surface area contributed by atoms with E-state index in [0.717, 1.165) is 25.7 Å². The molecule has 10 nitrogen and oxygen atoms in total. The third-order valence-corrected chi connectivity index (χ3v) is 7.40. The zero-order valence-electron chi connectivity index (χ0n) is 29.1. The van der Waals surface area contributed by atoms with Gasteiger partial charge in [-0.3, -0.25) is 14.1 Å². The monoisotopic (exact) mass is 696 g/mol. The number of phosphoric acid groups is 1. The van der Waals surface area contributed by atoms with Gasteiger partial charge in [-0.25, -0.2) is 4.57 Å². The van der Waals surface area contributed by atoms with Gasteiger partial charge in [-0.15, -0.1) is 0 Å². The van der Waals surface area contributed by atoms with E-state index in [1.54, 1.807) is 30.4 Å². The molecule has 0 saturated carbocycles. The Hall–Kier alpha value is -2.59. The Morgan fingerprint density at radius 2 is 1.31 bits per heavy atom. The Balaban J connectivity index is 4.29. The van der Waals surface area contributed by atoms with Crippen LogP contribution >= 0.6 is 7.82 Å². The Morgan fingerprint density at radius 1 is 0.688 bits per heavy atom. The summed E-state index contributed by atoms with van der Waals surface area (Å²) in [6.45, 7) is 3.27. The van der Waals surface area contributed by atoms with Crippen molar-refractivity contribution in [2.24, 2.45) is 0 Å². The van der Waals surface area contributed by atoms with Crippen LogP contribution in [0.15, 0.2) is 72.9 Å². The summed E-state index contributed by atoms with van der Waals surface area (Å²) in [4.78, 5) is 42.5. The normalized spacial score (nSPS) is 14.7. The number of rotatable bonds is 30. The molecule has 11 heteroatoms. The molecule has 0 aromatic carbocycles. The maximum Gasteiger partial charge on any atom is 0.469 e. The maximum absolute atomic E-state index is 12.3. The van der Waals surface area contributed by atoms with Crippen LogP contribution in [-0.2, 0) is 28.2 Å². The first-order valence-electron chi connectivity index (χ1n) is 17.5. The molecule has 0 aromatic rings. The van der Waals surface area contributed by atoms with Crippen LogP contribution < -0.4 is 0 Å². The molecule has 0 amide bonds. The number of aliphatic hydroxyl groups is 2. The number of esters is 2. The van der Waals surface area contributed by atoms with Crippen molar-refractivity contribution in [2.75, 3.05) is 13.2 Å². The number of hydrogen-bond donors (Lipinski definition) is 4. The highest BCUT2D eigenvalue weighted by Crippen LogP contribution is 2.35. The topological polar surface area (TPSA) is 160 Å². The van der Waals surface area contributed by atoms with Crippen molar-refractivity contribution in [3.8, 4) is 0 Å². The third-order valence-electron chi connectivity index (χ3n) is 6.91. The molecule has 3 atom stereocenters. The Labute approximate surface area is 288 Å². The molecule has 0 aromatic heterocycles. The molecule has 48 heavy (non-hydrogen) atoms. The lowest BCUT2D eigenvalue weighted by atomic mass is 10.1. The number of allylic oxidation sites excluding steroid dienone is 8. The summed E-state index contributed by atoms with van der Waals surface area (Å²) in [7, 11) is -4.79. The molecule has 0 unspecified atom stereocenters. The highest BCUT2D eigenvalue weighted by atomic mass is 31.2. The van der Waals surface area contributed by atoms with Crippen LogP contribution in [0.1, 0.15) is 117 Å². The number of hydrogen-bond acceptors (Lipinski definition) is 8. The first-order valence-corrected chi connectivity index (χ1v) is 19.0. The second-order valence-electron chi connectivity index (χ2n) is 11.5. The van der Waals surface area contributed by atoms with E-state index in [2.05, 4.69) is 18.4 Å². The minimum absolute atomic E-state index is 0.0784. The molecule has 0 aliphatic carbocycles. The third kappa shape index (κ3) is 33.3. The zero-order chi connectivity index (χ0) is 35.7. The summed E-state index contributed by atoms with van der Waals surface area (Å²) in [6, 6.07) is 0. The molecule has 274 valence electrons. The fourth-order valence-corrected chi connectivity index (χ4v) is 4.65. The molecule has 4 N–H and O–H groups in total. The van der Waals surface area contributed by atoms with Crippen molar-refractivity contribution in [3.05, 3.63) is 72.9 Å². The SMILES string of the molecule is CC/C=C\C[C@@H](O)/C=C/C=C\C/C=C\C=C\[C@@H](O)/C=C\CCCC(=O)OC[C@H](COP(=O)(O)O)OC(=O)CCCCCCCCCCC. The largest absolute Gasteiger partial charge is 0.469 e. The molecular weight excluding hydrogens is 635 g/mol. The van der Waals surface area contributed by atoms with Crippen molar-refractivity contribution >= 4 is 19.8 Å². The summed E-state index contributed by atoms with van der Waals surface area (Å²) >= 11 is 0. The van der Waals surface area contributed by atoms with Gasteiger partial charge in [0.15, 0.2) is 6.10 Å². The van der Waals surface area contributed by atoms with Crippen LogP contribution in [0.25, 0.3) is 0 Å². The molecule has 0 bridgehead atoms. The van der Waals surface area contributed by atoms with Crippen molar-refractivity contribution in [1.82, 2.24) is 0 Å². The van der Waals surface area contributed by atoms with E-state index >= 15 is 0 Å². The number of aliphatic hydroxyl groups excluding tert-OH is 2. The molecule has 0 rings (SSSR count). The lowest BCUT2D eigenvalue weighted by Gasteiger charge is -2.18. The molecule has 0 fully saturated rings. The molecule has 0 saturated heterocycles. The average Bonchev–Trinajstić information content (AvgIpc) is 3.04. The Bertz CT molecular complexity index is 1040. The van der Waals surface area contributed by atoms with Crippen LogP contribution in [0.2, 0.25) is 0 Å². The molecule has 0 aliphatic rings. The molecular formula is C37H61O10P. The number of unbranched alkanes of at least 4 members (excludes halogenated alkanes) is 9. The van der Waals surface area contributed by atoms with Gasteiger partial charge in [-0.05, 0) is 38.5 Å². The van der Waals surface area contributed by atoms with Gasteiger partial charge >= 0.3 is 19.8 Å². The van der Waals surface area contributed by atoms with Crippen LogP contribution in [0.4, 0.5) is 0 Å². The number of phosphoric ester groups is 1. The van der Waals surface area contributed by atoms with Gasteiger partial charge in [-0.2, -0.15) is 0 Å². The standard InChI is InChI=1S/C37H61O10P/c1-3-5-7-8-9-10-14-17-23-30-37(41)47-35(32-46-48(42,43)44)31-45-36(40)29-24-18-22-28-34(39)27-21-16-13-11-12-15-20-26-33(38)25-19-6-4-2/h6,12-13,15-16,19-22,26-28,33-35,38-39H,3-5,7-11,14,17-18,23-25,29-32H2,1-2H3,(H2,42,43,44)/b15-12-,16-13-,19-6-,26-20+,27-21+,28-22-/t33-,34-,35-/m1/s1. The van der Waals surface area contributed by atoms with Gasteiger partial charge in [0.1, 0.15) is 6.61 Å². The minimum Gasteiger partial charge on any atom is -0.462 e. The van der Waals surface area contributed by atoms with Crippen molar-refractivity contribution in [1.29, 1.82) is 0 Å². The van der Waals surface area contributed by atoms with E-state index in [0.29, 0.717) is 32.1 Å². The number of carbonyl (C=O) groups excluding carboxylic acids is 2. The lowest BCUT2D eigenvalue weighted by molar-refractivity contribution is -0.161. The van der Waals surface area contributed by atoms with E-state index in [9.17, 15) is 24.4 Å². The van der Waals surface area contributed by atoms with Gasteiger partial charge in [0, 0.05) is 12.8 Å². The fraction of sp³-hybridized carbons (Fsp3) is 0.622. The quantitative estimate of drug-likeness (QED) is 0.0191. The first kappa shape index (κ1) is 45.4. The zero-order valence-corrected chi connectivity index (χ0v) is 30.0. The van der Waals surface area contributed by atoms with Crippen molar-refractivity contribution in [2.45, 2.75) is 135 Å². The molecule has 0 heterocycles. The fourth-order valence-electron chi connectivity index (χ4n) is 4.29. The summed E-state index contributed by atoms with van der Waals surface area (Å²) in [5.41, 5.74) is 0. The van der Waals surface area contributed by atoms with E-state index in [1.165, 1.54) is 32.1 Å². The van der Waals surface area contributed by atoms with E-state index in [1.807, 2.05) is 42.5 Å². The van der Waals surface area contributed by atoms with Crippen LogP contribution in [0.5, 0.6) is 0 Å². The lowest BCUT2D eigenvalue weighted by Crippen LogP contribution is -2.29. The number of ether oxygens (including phenoxy) is 2. The highest BCUT2D eigenvalue weighted by molar-refractivity contribution is 7.46.